The quantitative estimate of drug-likeness (QED) is 0.886. The van der Waals surface area contributed by atoms with Crippen molar-refractivity contribution in [1.82, 2.24) is 9.78 Å². The van der Waals surface area contributed by atoms with Crippen LogP contribution in [0.25, 0.3) is 0 Å². The standard InChI is InChI=1S/C14H11N3O2/c1-17-8-10-12(18)7-11(14(19)13(10)16-17)15-9-5-3-2-4-6-9/h2-8,15H,1H3. The topological polar surface area (TPSA) is 64.0 Å². The molecule has 0 saturated heterocycles. The third-order valence-electron chi connectivity index (χ3n) is 2.88. The van der Waals surface area contributed by atoms with Gasteiger partial charge < -0.3 is 5.32 Å². The number of carbonyl (C=O) groups is 2. The summed E-state index contributed by atoms with van der Waals surface area (Å²) >= 11 is 0. The van der Waals surface area contributed by atoms with Gasteiger partial charge in [-0.05, 0) is 12.1 Å². The summed E-state index contributed by atoms with van der Waals surface area (Å²) in [4.78, 5) is 24.1. The number of aryl methyl sites for hydroxylation is 1. The molecule has 0 aliphatic heterocycles. The number of fused-ring (bicyclic) bond motifs is 1. The molecular formula is C14H11N3O2. The van der Waals surface area contributed by atoms with E-state index >= 15 is 0 Å². The van der Waals surface area contributed by atoms with Crippen LogP contribution in [0.3, 0.4) is 0 Å². The van der Waals surface area contributed by atoms with Crippen LogP contribution in [0.5, 0.6) is 0 Å². The van der Waals surface area contributed by atoms with E-state index in [0.717, 1.165) is 5.69 Å². The zero-order chi connectivity index (χ0) is 13.4. The molecule has 5 heteroatoms. The van der Waals surface area contributed by atoms with Crippen molar-refractivity contribution in [2.45, 2.75) is 0 Å². The minimum Gasteiger partial charge on any atom is -0.352 e. The number of Topliss-reactive ketones (excluding diaryl/α,β-unsaturated/α-hetero) is 1. The van der Waals surface area contributed by atoms with Gasteiger partial charge in [0.05, 0.1) is 11.3 Å². The van der Waals surface area contributed by atoms with Crippen LogP contribution in [0.1, 0.15) is 20.8 Å². The van der Waals surface area contributed by atoms with E-state index in [1.54, 1.807) is 13.2 Å². The van der Waals surface area contributed by atoms with Crippen LogP contribution >= 0.6 is 0 Å². The van der Waals surface area contributed by atoms with Gasteiger partial charge in [0.2, 0.25) is 5.78 Å². The van der Waals surface area contributed by atoms with E-state index in [0.29, 0.717) is 5.56 Å². The Kier molecular flexibility index (Phi) is 2.52. The lowest BCUT2D eigenvalue weighted by atomic mass is 9.99. The first kappa shape index (κ1) is 11.4. The van der Waals surface area contributed by atoms with Crippen LogP contribution < -0.4 is 5.32 Å². The van der Waals surface area contributed by atoms with Crippen LogP contribution in [-0.2, 0) is 7.05 Å². The van der Waals surface area contributed by atoms with E-state index in [-0.39, 0.29) is 23.0 Å². The van der Waals surface area contributed by atoms with E-state index in [4.69, 9.17) is 0 Å². The molecule has 0 atom stereocenters. The molecular weight excluding hydrogens is 242 g/mol. The van der Waals surface area contributed by atoms with Crippen molar-refractivity contribution in [2.75, 3.05) is 5.32 Å². The van der Waals surface area contributed by atoms with E-state index in [2.05, 4.69) is 10.4 Å². The molecule has 0 spiro atoms. The van der Waals surface area contributed by atoms with Crippen LogP contribution in [0.4, 0.5) is 5.69 Å². The molecule has 94 valence electrons. The van der Waals surface area contributed by atoms with Crippen LogP contribution in [-0.4, -0.2) is 21.3 Å². The molecule has 1 aromatic heterocycles. The average molecular weight is 253 g/mol. The lowest BCUT2D eigenvalue weighted by Gasteiger charge is -2.12. The molecule has 0 unspecified atom stereocenters. The Morgan fingerprint density at radius 2 is 1.89 bits per heavy atom. The largest absolute Gasteiger partial charge is 0.352 e. The van der Waals surface area contributed by atoms with E-state index in [9.17, 15) is 9.59 Å². The molecule has 1 aromatic carbocycles. The van der Waals surface area contributed by atoms with Gasteiger partial charge in [-0.15, -0.1) is 0 Å². The van der Waals surface area contributed by atoms with Crippen LogP contribution in [0.15, 0.2) is 48.3 Å². The normalized spacial score (nSPS) is 14.1. The molecule has 19 heavy (non-hydrogen) atoms. The highest BCUT2D eigenvalue weighted by Gasteiger charge is 2.28. The molecule has 0 fully saturated rings. The number of aromatic nitrogens is 2. The van der Waals surface area contributed by atoms with Gasteiger partial charge in [-0.1, -0.05) is 18.2 Å². The van der Waals surface area contributed by atoms with E-state index < -0.39 is 0 Å². The van der Waals surface area contributed by atoms with Crippen molar-refractivity contribution >= 4 is 17.3 Å². The predicted molar refractivity (Wildman–Crippen MR) is 70.0 cm³/mol. The van der Waals surface area contributed by atoms with Gasteiger partial charge in [0.25, 0.3) is 0 Å². The van der Waals surface area contributed by atoms with Crippen molar-refractivity contribution in [3.63, 3.8) is 0 Å². The summed E-state index contributed by atoms with van der Waals surface area (Å²) in [5.41, 5.74) is 1.57. The van der Waals surface area contributed by atoms with Crippen molar-refractivity contribution in [3.8, 4) is 0 Å². The zero-order valence-corrected chi connectivity index (χ0v) is 10.3. The summed E-state index contributed by atoms with van der Waals surface area (Å²) in [6.45, 7) is 0. The van der Waals surface area contributed by atoms with Crippen LogP contribution in [0.2, 0.25) is 0 Å². The number of para-hydroxylation sites is 1. The third kappa shape index (κ3) is 1.95. The molecule has 1 aliphatic carbocycles. The predicted octanol–water partition coefficient (Wildman–Crippen LogP) is 1.80. The first-order valence-corrected chi connectivity index (χ1v) is 5.81. The van der Waals surface area contributed by atoms with E-state index in [1.807, 2.05) is 30.3 Å². The maximum atomic E-state index is 12.2. The number of carbonyl (C=O) groups excluding carboxylic acids is 2. The van der Waals surface area contributed by atoms with Gasteiger partial charge in [0, 0.05) is 25.0 Å². The van der Waals surface area contributed by atoms with Gasteiger partial charge in [0.1, 0.15) is 5.69 Å². The monoisotopic (exact) mass is 253 g/mol. The zero-order valence-electron chi connectivity index (χ0n) is 10.3. The fourth-order valence-electron chi connectivity index (χ4n) is 2.01. The molecule has 0 bridgehead atoms. The van der Waals surface area contributed by atoms with Gasteiger partial charge >= 0.3 is 0 Å². The molecule has 1 heterocycles. The Bertz CT molecular complexity index is 699. The summed E-state index contributed by atoms with van der Waals surface area (Å²) < 4.78 is 1.47. The maximum absolute atomic E-state index is 12.2. The van der Waals surface area contributed by atoms with Gasteiger partial charge in [-0.3, -0.25) is 14.3 Å². The van der Waals surface area contributed by atoms with E-state index in [1.165, 1.54) is 10.8 Å². The minimum absolute atomic E-state index is 0.202. The first-order valence-electron chi connectivity index (χ1n) is 5.81. The molecule has 3 rings (SSSR count). The second-order valence-electron chi connectivity index (χ2n) is 4.31. The Labute approximate surface area is 109 Å². The number of rotatable bonds is 2. The number of nitrogens with zero attached hydrogens (tertiary/aromatic N) is 2. The second kappa shape index (κ2) is 4.20. The minimum atomic E-state index is -0.265. The molecule has 0 amide bonds. The summed E-state index contributed by atoms with van der Waals surface area (Å²) in [5.74, 6) is -0.472. The smallest absolute Gasteiger partial charge is 0.230 e. The average Bonchev–Trinajstić information content (AvgIpc) is 2.80. The molecule has 1 aliphatic rings. The van der Waals surface area contributed by atoms with Crippen molar-refractivity contribution in [3.05, 3.63) is 59.6 Å². The number of hydrogen-bond donors (Lipinski definition) is 1. The third-order valence-corrected chi connectivity index (χ3v) is 2.88. The molecule has 0 radical (unpaired) electrons. The summed E-state index contributed by atoms with van der Waals surface area (Å²) in [7, 11) is 1.68. The second-order valence-corrected chi connectivity index (χ2v) is 4.31. The Balaban J connectivity index is 1.96. The highest BCUT2D eigenvalue weighted by molar-refractivity contribution is 6.24. The maximum Gasteiger partial charge on any atom is 0.230 e. The van der Waals surface area contributed by atoms with Gasteiger partial charge in [-0.2, -0.15) is 5.10 Å². The van der Waals surface area contributed by atoms with Gasteiger partial charge in [0.15, 0.2) is 5.78 Å². The molecule has 5 nitrogen and oxygen atoms in total. The highest BCUT2D eigenvalue weighted by atomic mass is 16.1. The molecule has 2 aromatic rings. The van der Waals surface area contributed by atoms with Crippen molar-refractivity contribution in [2.24, 2.45) is 7.05 Å². The number of benzene rings is 1. The SMILES string of the molecule is Cn1cc2c(n1)C(=O)C(Nc1ccccc1)=CC2=O. The highest BCUT2D eigenvalue weighted by Crippen LogP contribution is 2.21. The first-order chi connectivity index (χ1) is 9.15. The Morgan fingerprint density at radius 3 is 2.63 bits per heavy atom. The lowest BCUT2D eigenvalue weighted by molar-refractivity contribution is 0.0983. The fraction of sp³-hybridized carbons (Fsp3) is 0.0714. The number of hydrogen-bond acceptors (Lipinski definition) is 4. The molecule has 1 N–H and O–H groups in total. The van der Waals surface area contributed by atoms with Crippen molar-refractivity contribution in [1.29, 1.82) is 0 Å². The lowest BCUT2D eigenvalue weighted by Crippen LogP contribution is -2.21. The summed E-state index contributed by atoms with van der Waals surface area (Å²) in [6.07, 6.45) is 2.88. The Morgan fingerprint density at radius 1 is 1.16 bits per heavy atom. The summed E-state index contributed by atoms with van der Waals surface area (Å²) in [5, 5.41) is 6.99. The number of ketones is 2. The van der Waals surface area contributed by atoms with Gasteiger partial charge in [-0.25, -0.2) is 0 Å². The van der Waals surface area contributed by atoms with Crippen molar-refractivity contribution < 1.29 is 9.59 Å². The fourth-order valence-corrected chi connectivity index (χ4v) is 2.01. The number of allylic oxidation sites excluding steroid dienone is 2. The number of nitrogens with one attached hydrogen (secondary N) is 1. The summed E-state index contributed by atoms with van der Waals surface area (Å²) in [6, 6.07) is 9.23. The molecule has 0 saturated carbocycles. The number of anilines is 1. The Hall–Kier alpha value is -2.69. The van der Waals surface area contributed by atoms with Crippen LogP contribution in [0, 0.1) is 0 Å².